The van der Waals surface area contributed by atoms with E-state index in [1.165, 1.54) is 18.4 Å². The second kappa shape index (κ2) is 4.56. The molecule has 1 aliphatic heterocycles. The summed E-state index contributed by atoms with van der Waals surface area (Å²) in [4.78, 5) is 0. The fraction of sp³-hybridized carbons (Fsp3) is 0.733. The van der Waals surface area contributed by atoms with Crippen molar-refractivity contribution in [1.82, 2.24) is 5.32 Å². The summed E-state index contributed by atoms with van der Waals surface area (Å²) < 4.78 is 14.2. The molecule has 2 unspecified atom stereocenters. The fourth-order valence-electron chi connectivity index (χ4n) is 3.26. The molecule has 0 spiro atoms. The Labute approximate surface area is 104 Å². The minimum atomic E-state index is -1.16. The highest BCUT2D eigenvalue weighted by Gasteiger charge is 2.41. The van der Waals surface area contributed by atoms with Gasteiger partial charge in [0.2, 0.25) is 0 Å². The largest absolute Gasteiger partial charge is 0.316 e. The van der Waals surface area contributed by atoms with Crippen LogP contribution in [-0.4, -0.2) is 18.8 Å². The van der Waals surface area contributed by atoms with Gasteiger partial charge in [0, 0.05) is 18.4 Å². The SMILES string of the molecule is CC(C)C1(C2=CC=CC(C)(F)C2)CCCNC1. The minimum Gasteiger partial charge on any atom is -0.316 e. The fourth-order valence-corrected chi connectivity index (χ4v) is 3.26. The van der Waals surface area contributed by atoms with Gasteiger partial charge in [0.15, 0.2) is 0 Å². The summed E-state index contributed by atoms with van der Waals surface area (Å²) in [6.07, 6.45) is 8.67. The average Bonchev–Trinajstić information content (AvgIpc) is 2.28. The first-order chi connectivity index (χ1) is 7.96. The Kier molecular flexibility index (Phi) is 3.44. The molecule has 2 heteroatoms. The summed E-state index contributed by atoms with van der Waals surface area (Å²) in [5.41, 5.74) is 0.298. The number of nitrogens with one attached hydrogen (secondary N) is 1. The monoisotopic (exact) mass is 237 g/mol. The van der Waals surface area contributed by atoms with E-state index in [2.05, 4.69) is 25.2 Å². The van der Waals surface area contributed by atoms with Crippen LogP contribution in [0.15, 0.2) is 23.8 Å². The number of hydrogen-bond acceptors (Lipinski definition) is 1. The van der Waals surface area contributed by atoms with Gasteiger partial charge in [-0.3, -0.25) is 0 Å². The predicted molar refractivity (Wildman–Crippen MR) is 70.7 cm³/mol. The van der Waals surface area contributed by atoms with Crippen molar-refractivity contribution in [2.24, 2.45) is 11.3 Å². The highest BCUT2D eigenvalue weighted by Crippen LogP contribution is 2.46. The Hall–Kier alpha value is -0.630. The van der Waals surface area contributed by atoms with Crippen molar-refractivity contribution in [3.63, 3.8) is 0 Å². The summed E-state index contributed by atoms with van der Waals surface area (Å²) in [7, 11) is 0. The first-order valence-electron chi connectivity index (χ1n) is 6.75. The number of piperidine rings is 1. The van der Waals surface area contributed by atoms with Crippen LogP contribution in [0.3, 0.4) is 0 Å². The van der Waals surface area contributed by atoms with Gasteiger partial charge in [-0.25, -0.2) is 4.39 Å². The highest BCUT2D eigenvalue weighted by atomic mass is 19.1. The number of halogens is 1. The van der Waals surface area contributed by atoms with Gasteiger partial charge in [-0.15, -0.1) is 0 Å². The number of hydrogen-bond donors (Lipinski definition) is 1. The number of rotatable bonds is 2. The van der Waals surface area contributed by atoms with Crippen LogP contribution in [0.4, 0.5) is 4.39 Å². The Balaban J connectivity index is 2.28. The third kappa shape index (κ3) is 2.47. The highest BCUT2D eigenvalue weighted by molar-refractivity contribution is 5.31. The molecule has 1 saturated heterocycles. The van der Waals surface area contributed by atoms with E-state index < -0.39 is 5.67 Å². The molecule has 0 amide bonds. The topological polar surface area (TPSA) is 12.0 Å². The Morgan fingerprint density at radius 2 is 2.18 bits per heavy atom. The lowest BCUT2D eigenvalue weighted by Crippen LogP contribution is -2.46. The van der Waals surface area contributed by atoms with E-state index in [4.69, 9.17) is 0 Å². The molecule has 2 aliphatic rings. The molecule has 0 aromatic carbocycles. The molecule has 1 aliphatic carbocycles. The molecular formula is C15H24FN. The van der Waals surface area contributed by atoms with Crippen LogP contribution in [0, 0.1) is 11.3 Å². The van der Waals surface area contributed by atoms with Crippen LogP contribution in [-0.2, 0) is 0 Å². The van der Waals surface area contributed by atoms with E-state index in [1.807, 2.05) is 6.08 Å². The Bertz CT molecular complexity index is 333. The molecule has 2 rings (SSSR count). The van der Waals surface area contributed by atoms with Crippen LogP contribution in [0.5, 0.6) is 0 Å². The second-order valence-electron chi connectivity index (χ2n) is 6.10. The van der Waals surface area contributed by atoms with Crippen LogP contribution < -0.4 is 5.32 Å². The van der Waals surface area contributed by atoms with E-state index in [-0.39, 0.29) is 5.41 Å². The van der Waals surface area contributed by atoms with Gasteiger partial charge in [-0.05, 0) is 38.3 Å². The second-order valence-corrected chi connectivity index (χ2v) is 6.10. The quantitative estimate of drug-likeness (QED) is 0.773. The summed E-state index contributed by atoms with van der Waals surface area (Å²) in [5.74, 6) is 0.559. The number of allylic oxidation sites excluding steroid dienone is 3. The molecule has 1 fully saturated rings. The lowest BCUT2D eigenvalue weighted by Gasteiger charge is -2.45. The van der Waals surface area contributed by atoms with Crippen molar-refractivity contribution < 1.29 is 4.39 Å². The predicted octanol–water partition coefficient (Wildman–Crippen LogP) is 3.63. The van der Waals surface area contributed by atoms with Gasteiger partial charge >= 0.3 is 0 Å². The third-order valence-corrected chi connectivity index (χ3v) is 4.44. The van der Waals surface area contributed by atoms with Gasteiger partial charge in [-0.1, -0.05) is 31.6 Å². The van der Waals surface area contributed by atoms with Gasteiger partial charge in [0.25, 0.3) is 0 Å². The van der Waals surface area contributed by atoms with Crippen molar-refractivity contribution in [2.45, 2.75) is 45.7 Å². The van der Waals surface area contributed by atoms with Crippen molar-refractivity contribution in [1.29, 1.82) is 0 Å². The Morgan fingerprint density at radius 3 is 2.71 bits per heavy atom. The van der Waals surface area contributed by atoms with E-state index in [0.717, 1.165) is 13.1 Å². The molecule has 0 saturated carbocycles. The molecule has 0 aromatic heterocycles. The molecule has 0 radical (unpaired) electrons. The summed E-state index contributed by atoms with van der Waals surface area (Å²) >= 11 is 0. The maximum atomic E-state index is 14.2. The molecule has 0 aromatic rings. The molecule has 17 heavy (non-hydrogen) atoms. The lowest BCUT2D eigenvalue weighted by molar-refractivity contribution is 0.154. The van der Waals surface area contributed by atoms with E-state index >= 15 is 0 Å². The average molecular weight is 237 g/mol. The summed E-state index contributed by atoms with van der Waals surface area (Å²) in [5, 5.41) is 3.49. The summed E-state index contributed by atoms with van der Waals surface area (Å²) in [6.45, 7) is 8.31. The third-order valence-electron chi connectivity index (χ3n) is 4.44. The molecule has 1 nitrogen and oxygen atoms in total. The van der Waals surface area contributed by atoms with Crippen molar-refractivity contribution in [3.8, 4) is 0 Å². The number of alkyl halides is 1. The maximum Gasteiger partial charge on any atom is 0.130 e. The lowest BCUT2D eigenvalue weighted by atomic mass is 9.64. The minimum absolute atomic E-state index is 0.163. The standard InChI is InChI=1S/C15H24FN/c1-12(2)15(8-5-9-17-11-15)13-6-4-7-14(3,16)10-13/h4,6-7,12,17H,5,8-11H2,1-3H3. The van der Waals surface area contributed by atoms with Gasteiger partial charge in [0.05, 0.1) is 0 Å². The molecule has 2 atom stereocenters. The van der Waals surface area contributed by atoms with E-state index in [0.29, 0.717) is 12.3 Å². The van der Waals surface area contributed by atoms with Gasteiger partial charge < -0.3 is 5.32 Å². The first kappa shape index (κ1) is 12.8. The van der Waals surface area contributed by atoms with Gasteiger partial charge in [0.1, 0.15) is 5.67 Å². The zero-order valence-corrected chi connectivity index (χ0v) is 11.2. The molecule has 0 bridgehead atoms. The van der Waals surface area contributed by atoms with E-state index in [1.54, 1.807) is 13.0 Å². The van der Waals surface area contributed by atoms with Crippen LogP contribution >= 0.6 is 0 Å². The Morgan fingerprint density at radius 1 is 1.41 bits per heavy atom. The maximum absolute atomic E-state index is 14.2. The van der Waals surface area contributed by atoms with Crippen LogP contribution in [0.25, 0.3) is 0 Å². The molecule has 1 heterocycles. The summed E-state index contributed by atoms with van der Waals surface area (Å²) in [6, 6.07) is 0. The van der Waals surface area contributed by atoms with Crippen molar-refractivity contribution in [2.75, 3.05) is 13.1 Å². The normalized spacial score (nSPS) is 38.3. The molecule has 96 valence electrons. The van der Waals surface area contributed by atoms with Crippen LogP contribution in [0.1, 0.15) is 40.0 Å². The van der Waals surface area contributed by atoms with Crippen molar-refractivity contribution in [3.05, 3.63) is 23.8 Å². The zero-order valence-electron chi connectivity index (χ0n) is 11.2. The smallest absolute Gasteiger partial charge is 0.130 e. The molecular weight excluding hydrogens is 213 g/mol. The van der Waals surface area contributed by atoms with E-state index in [9.17, 15) is 4.39 Å². The van der Waals surface area contributed by atoms with Crippen molar-refractivity contribution >= 4 is 0 Å². The zero-order chi connectivity index (χ0) is 12.5. The first-order valence-corrected chi connectivity index (χ1v) is 6.75. The van der Waals surface area contributed by atoms with Crippen LogP contribution in [0.2, 0.25) is 0 Å². The molecule has 1 N–H and O–H groups in total. The van der Waals surface area contributed by atoms with Gasteiger partial charge in [-0.2, -0.15) is 0 Å².